The summed E-state index contributed by atoms with van der Waals surface area (Å²) in [5.41, 5.74) is 2.86. The Morgan fingerprint density at radius 2 is 1.48 bits per heavy atom. The number of hydrogen-bond donors (Lipinski definition) is 0. The van der Waals surface area contributed by atoms with Crippen LogP contribution in [-0.4, -0.2) is 10.1 Å². The second-order valence-electron chi connectivity index (χ2n) is 7.79. The molecule has 3 nitrogen and oxygen atoms in total. The zero-order chi connectivity index (χ0) is 15.9. The number of hydrogen-bond acceptors (Lipinski definition) is 3. The van der Waals surface area contributed by atoms with E-state index in [4.69, 9.17) is 4.52 Å². The molecule has 0 aliphatic rings. The van der Waals surface area contributed by atoms with Gasteiger partial charge in [0, 0.05) is 18.0 Å². The van der Waals surface area contributed by atoms with E-state index < -0.39 is 0 Å². The van der Waals surface area contributed by atoms with Gasteiger partial charge in [0.05, 0.1) is 5.69 Å². The van der Waals surface area contributed by atoms with E-state index in [1.807, 2.05) is 24.4 Å². The van der Waals surface area contributed by atoms with Crippen molar-refractivity contribution in [2.45, 2.75) is 54.4 Å². The molecule has 0 saturated carbocycles. The van der Waals surface area contributed by atoms with Crippen LogP contribution in [0.3, 0.4) is 0 Å². The van der Waals surface area contributed by atoms with Gasteiger partial charge < -0.3 is 4.52 Å². The normalized spacial score (nSPS) is 11.7. The van der Waals surface area contributed by atoms with E-state index in [1.54, 1.807) is 6.26 Å². The van der Waals surface area contributed by atoms with Gasteiger partial charge in [-0.25, -0.2) is 0 Å². The van der Waals surface area contributed by atoms with Crippen LogP contribution in [0.1, 0.15) is 52.9 Å². The van der Waals surface area contributed by atoms with Gasteiger partial charge in [0.25, 0.3) is 0 Å². The lowest BCUT2D eigenvalue weighted by Gasteiger charge is -2.16. The van der Waals surface area contributed by atoms with Crippen LogP contribution in [0.5, 0.6) is 0 Å². The Balaban J connectivity index is 0.000000211. The van der Waals surface area contributed by atoms with Gasteiger partial charge in [-0.05, 0) is 35.8 Å². The molecule has 2 aromatic rings. The summed E-state index contributed by atoms with van der Waals surface area (Å²) in [5, 5.41) is 3.83. The molecule has 0 aromatic carbocycles. The number of rotatable bonds is 2. The fourth-order valence-electron chi connectivity index (χ4n) is 1.92. The minimum Gasteiger partial charge on any atom is -0.365 e. The van der Waals surface area contributed by atoms with Crippen LogP contribution in [-0.2, 0) is 12.8 Å². The maximum atomic E-state index is 4.71. The highest BCUT2D eigenvalue weighted by Crippen LogP contribution is 2.19. The molecule has 0 atom stereocenters. The number of aromatic nitrogens is 2. The molecule has 0 bridgehead atoms. The maximum Gasteiger partial charge on any atom is 0.124 e. The second kappa shape index (κ2) is 7.39. The Morgan fingerprint density at radius 1 is 0.857 bits per heavy atom. The lowest BCUT2D eigenvalue weighted by atomic mass is 9.90. The Hall–Kier alpha value is -1.64. The summed E-state index contributed by atoms with van der Waals surface area (Å²) in [6.07, 6.45) is 5.49. The molecule has 2 rings (SSSR count). The summed E-state index contributed by atoms with van der Waals surface area (Å²) in [5.74, 6) is 0. The third-order valence-corrected chi connectivity index (χ3v) is 2.64. The standard InChI is InChI=1S/C10H15N.C8H13NO/c1-10(2,3)8-9-6-4-5-7-11-9;1-8(2,3)6-7-4-5-10-9-7/h4-7H,8H2,1-3H3;4-5H,6H2,1-3H3. The first-order valence-corrected chi connectivity index (χ1v) is 7.45. The van der Waals surface area contributed by atoms with E-state index in [0.717, 1.165) is 18.5 Å². The van der Waals surface area contributed by atoms with Crippen LogP contribution in [0.25, 0.3) is 0 Å². The van der Waals surface area contributed by atoms with Gasteiger partial charge in [-0.15, -0.1) is 0 Å². The van der Waals surface area contributed by atoms with Gasteiger partial charge in [-0.1, -0.05) is 52.8 Å². The predicted molar refractivity (Wildman–Crippen MR) is 87.1 cm³/mol. The highest BCUT2D eigenvalue weighted by molar-refractivity contribution is 5.05. The fraction of sp³-hybridized carbons (Fsp3) is 0.556. The van der Waals surface area contributed by atoms with E-state index in [0.29, 0.717) is 10.8 Å². The van der Waals surface area contributed by atoms with Gasteiger partial charge in [0.1, 0.15) is 6.26 Å². The third-order valence-electron chi connectivity index (χ3n) is 2.64. The average Bonchev–Trinajstić information content (AvgIpc) is 2.79. The second-order valence-corrected chi connectivity index (χ2v) is 7.79. The van der Waals surface area contributed by atoms with E-state index >= 15 is 0 Å². The van der Waals surface area contributed by atoms with Crippen molar-refractivity contribution in [3.05, 3.63) is 48.1 Å². The maximum absolute atomic E-state index is 4.71. The zero-order valence-corrected chi connectivity index (χ0v) is 14.2. The largest absolute Gasteiger partial charge is 0.365 e. The van der Waals surface area contributed by atoms with E-state index in [1.165, 1.54) is 5.69 Å². The van der Waals surface area contributed by atoms with Crippen LogP contribution in [0, 0.1) is 10.8 Å². The van der Waals surface area contributed by atoms with Crippen LogP contribution in [0.4, 0.5) is 0 Å². The third kappa shape index (κ3) is 9.01. The van der Waals surface area contributed by atoms with Gasteiger partial charge in [0.2, 0.25) is 0 Å². The molecule has 2 aromatic heterocycles. The van der Waals surface area contributed by atoms with Gasteiger partial charge in [-0.2, -0.15) is 0 Å². The van der Waals surface area contributed by atoms with E-state index in [9.17, 15) is 0 Å². The lowest BCUT2D eigenvalue weighted by Crippen LogP contribution is -2.09. The first-order valence-electron chi connectivity index (χ1n) is 7.45. The molecule has 0 unspecified atom stereocenters. The minimum absolute atomic E-state index is 0.302. The molecule has 0 amide bonds. The van der Waals surface area contributed by atoms with Gasteiger partial charge >= 0.3 is 0 Å². The minimum atomic E-state index is 0.302. The first-order chi connectivity index (χ1) is 9.66. The summed E-state index contributed by atoms with van der Waals surface area (Å²) in [6, 6.07) is 7.97. The van der Waals surface area contributed by atoms with Crippen molar-refractivity contribution in [1.82, 2.24) is 10.1 Å². The summed E-state index contributed by atoms with van der Waals surface area (Å²) in [7, 11) is 0. The van der Waals surface area contributed by atoms with Crippen molar-refractivity contribution < 1.29 is 4.52 Å². The topological polar surface area (TPSA) is 38.9 Å². The molecule has 0 aliphatic heterocycles. The molecule has 0 fully saturated rings. The molecule has 3 heteroatoms. The first kappa shape index (κ1) is 17.4. The Morgan fingerprint density at radius 3 is 1.90 bits per heavy atom. The lowest BCUT2D eigenvalue weighted by molar-refractivity contribution is 0.371. The molecule has 0 radical (unpaired) electrons. The zero-order valence-electron chi connectivity index (χ0n) is 14.2. The van der Waals surface area contributed by atoms with Crippen molar-refractivity contribution in [2.24, 2.45) is 10.8 Å². The molecule has 116 valence electrons. The summed E-state index contributed by atoms with van der Waals surface area (Å²) < 4.78 is 4.71. The number of nitrogens with zero attached hydrogens (tertiary/aromatic N) is 2. The Bertz CT molecular complexity index is 490. The van der Waals surface area contributed by atoms with Crippen LogP contribution in [0.2, 0.25) is 0 Å². The quantitative estimate of drug-likeness (QED) is 0.786. The van der Waals surface area contributed by atoms with Crippen molar-refractivity contribution in [3.63, 3.8) is 0 Å². The average molecular weight is 288 g/mol. The number of pyridine rings is 1. The molecule has 21 heavy (non-hydrogen) atoms. The van der Waals surface area contributed by atoms with Crippen LogP contribution in [0.15, 0.2) is 41.2 Å². The van der Waals surface area contributed by atoms with Crippen molar-refractivity contribution in [1.29, 1.82) is 0 Å². The SMILES string of the molecule is CC(C)(C)Cc1ccccn1.CC(C)(C)Cc1ccon1. The highest BCUT2D eigenvalue weighted by atomic mass is 16.5. The predicted octanol–water partition coefficient (Wildman–Crippen LogP) is 4.93. The summed E-state index contributed by atoms with van der Waals surface area (Å²) in [4.78, 5) is 4.26. The molecule has 0 saturated heterocycles. The van der Waals surface area contributed by atoms with Crippen molar-refractivity contribution in [2.75, 3.05) is 0 Å². The van der Waals surface area contributed by atoms with Gasteiger partial charge in [-0.3, -0.25) is 4.98 Å². The summed E-state index contributed by atoms with van der Waals surface area (Å²) >= 11 is 0. The fourth-order valence-corrected chi connectivity index (χ4v) is 1.92. The molecule has 2 heterocycles. The molecule has 0 spiro atoms. The van der Waals surface area contributed by atoms with Crippen LogP contribution >= 0.6 is 0 Å². The summed E-state index contributed by atoms with van der Waals surface area (Å²) in [6.45, 7) is 13.2. The van der Waals surface area contributed by atoms with Gasteiger partial charge in [0.15, 0.2) is 0 Å². The van der Waals surface area contributed by atoms with Crippen LogP contribution < -0.4 is 0 Å². The highest BCUT2D eigenvalue weighted by Gasteiger charge is 2.12. The van der Waals surface area contributed by atoms with Crippen molar-refractivity contribution >= 4 is 0 Å². The molecular weight excluding hydrogens is 260 g/mol. The molecule has 0 aliphatic carbocycles. The smallest absolute Gasteiger partial charge is 0.124 e. The molecule has 0 N–H and O–H groups in total. The van der Waals surface area contributed by atoms with E-state index in [-0.39, 0.29) is 0 Å². The molecular formula is C18H28N2O. The Kier molecular flexibility index (Phi) is 6.13. The Labute approximate surface area is 128 Å². The monoisotopic (exact) mass is 288 g/mol. The van der Waals surface area contributed by atoms with Crippen molar-refractivity contribution in [3.8, 4) is 0 Å². The van der Waals surface area contributed by atoms with E-state index in [2.05, 4.69) is 57.7 Å².